The van der Waals surface area contributed by atoms with Gasteiger partial charge >= 0.3 is 0 Å². The average molecular weight is 691 g/mol. The van der Waals surface area contributed by atoms with Gasteiger partial charge < -0.3 is 9.80 Å². The summed E-state index contributed by atoms with van der Waals surface area (Å²) in [6.45, 7) is 8.19. The number of allylic oxidation sites excluding steroid dienone is 1. The molecule has 0 unspecified atom stereocenters. The average Bonchev–Trinajstić information content (AvgIpc) is 3.23. The molecule has 0 N–H and O–H groups in total. The molecule has 0 atom stereocenters. The molecule has 0 radical (unpaired) electrons. The second kappa shape index (κ2) is 14.1. The molecular formula is C52H38N2. The van der Waals surface area contributed by atoms with E-state index in [1.165, 1.54) is 32.3 Å². The third-order valence-corrected chi connectivity index (χ3v) is 10.3. The van der Waals surface area contributed by atoms with Gasteiger partial charge in [-0.05, 0) is 104 Å². The summed E-state index contributed by atoms with van der Waals surface area (Å²) in [7, 11) is 0. The van der Waals surface area contributed by atoms with E-state index >= 15 is 0 Å². The Morgan fingerprint density at radius 3 is 1.37 bits per heavy atom. The lowest BCUT2D eigenvalue weighted by Gasteiger charge is -2.28. The second-order valence-electron chi connectivity index (χ2n) is 13.6. The van der Waals surface area contributed by atoms with E-state index in [1.54, 1.807) is 0 Å². The van der Waals surface area contributed by atoms with Crippen LogP contribution in [-0.4, -0.2) is 0 Å². The molecule has 256 valence electrons. The molecule has 0 fully saturated rings. The minimum absolute atomic E-state index is 0.968. The van der Waals surface area contributed by atoms with E-state index in [0.717, 1.165) is 55.7 Å². The highest BCUT2D eigenvalue weighted by Crippen LogP contribution is 2.42. The van der Waals surface area contributed by atoms with Gasteiger partial charge in [-0.15, -0.1) is 0 Å². The molecule has 2 heteroatoms. The number of hydrogen-bond acceptors (Lipinski definition) is 2. The molecule has 0 aliphatic rings. The number of rotatable bonds is 8. The van der Waals surface area contributed by atoms with Crippen LogP contribution in [0, 0.1) is 0 Å². The first kappa shape index (κ1) is 32.7. The highest BCUT2D eigenvalue weighted by molar-refractivity contribution is 6.01. The lowest BCUT2D eigenvalue weighted by Crippen LogP contribution is -2.24. The molecule has 2 nitrogen and oxygen atoms in total. The minimum atomic E-state index is 0.968. The maximum atomic E-state index is 4.26. The Balaban J connectivity index is 1.11. The van der Waals surface area contributed by atoms with Crippen molar-refractivity contribution in [2.75, 3.05) is 9.80 Å². The van der Waals surface area contributed by atoms with Crippen LogP contribution in [0.15, 0.2) is 207 Å². The molecule has 9 rings (SSSR count). The maximum Gasteiger partial charge on any atom is 0.0540 e. The second-order valence-corrected chi connectivity index (χ2v) is 13.6. The molecule has 0 heterocycles. The lowest BCUT2D eigenvalue weighted by molar-refractivity contribution is 1.28. The Bertz CT molecular complexity index is 2910. The Hall–Kier alpha value is -7.16. The van der Waals surface area contributed by atoms with Crippen molar-refractivity contribution in [3.8, 4) is 11.1 Å². The molecule has 0 amide bonds. The molecule has 0 saturated carbocycles. The number of nitrogens with zero attached hydrogens (tertiary/aromatic N) is 2. The van der Waals surface area contributed by atoms with E-state index in [-0.39, 0.29) is 0 Å². The quantitative estimate of drug-likeness (QED) is 0.157. The summed E-state index contributed by atoms with van der Waals surface area (Å²) < 4.78 is 0. The zero-order valence-corrected chi connectivity index (χ0v) is 29.9. The largest absolute Gasteiger partial charge is 0.310 e. The Morgan fingerprint density at radius 2 is 0.815 bits per heavy atom. The molecule has 9 aromatic rings. The van der Waals surface area contributed by atoms with E-state index in [9.17, 15) is 0 Å². The van der Waals surface area contributed by atoms with Gasteiger partial charge in [0, 0.05) is 33.5 Å². The molecule has 0 saturated heterocycles. The third-order valence-electron chi connectivity index (χ3n) is 10.3. The van der Waals surface area contributed by atoms with Gasteiger partial charge in [-0.1, -0.05) is 159 Å². The van der Waals surface area contributed by atoms with Crippen molar-refractivity contribution in [2.24, 2.45) is 0 Å². The molecular weight excluding hydrogens is 653 g/mol. The molecule has 0 aliphatic carbocycles. The smallest absolute Gasteiger partial charge is 0.0540 e. The molecule has 0 aromatic heterocycles. The first-order valence-corrected chi connectivity index (χ1v) is 18.3. The van der Waals surface area contributed by atoms with Crippen LogP contribution < -0.4 is 20.2 Å². The summed E-state index contributed by atoms with van der Waals surface area (Å²) in [6.07, 6.45) is 3.83. The van der Waals surface area contributed by atoms with Gasteiger partial charge in [0.2, 0.25) is 0 Å². The Kier molecular flexibility index (Phi) is 8.55. The van der Waals surface area contributed by atoms with Crippen LogP contribution in [0.25, 0.3) is 56.1 Å². The van der Waals surface area contributed by atoms with Crippen molar-refractivity contribution < 1.29 is 0 Å². The molecule has 0 spiro atoms. The van der Waals surface area contributed by atoms with E-state index in [1.807, 2.05) is 12.2 Å². The normalized spacial score (nSPS) is 11.6. The van der Waals surface area contributed by atoms with E-state index in [0.29, 0.717) is 0 Å². The van der Waals surface area contributed by atoms with Crippen LogP contribution in [0.1, 0.15) is 0 Å². The van der Waals surface area contributed by atoms with Crippen molar-refractivity contribution in [2.45, 2.75) is 0 Å². The van der Waals surface area contributed by atoms with Crippen molar-refractivity contribution in [1.29, 1.82) is 0 Å². The highest BCUT2D eigenvalue weighted by Gasteiger charge is 2.18. The van der Waals surface area contributed by atoms with E-state index in [4.69, 9.17) is 0 Å². The van der Waals surface area contributed by atoms with Gasteiger partial charge in [-0.25, -0.2) is 0 Å². The topological polar surface area (TPSA) is 6.48 Å². The zero-order valence-electron chi connectivity index (χ0n) is 29.9. The number of benzene rings is 9. The van der Waals surface area contributed by atoms with Crippen LogP contribution >= 0.6 is 0 Å². The Labute approximate surface area is 316 Å². The number of fused-ring (bicyclic) bond motifs is 3. The molecule has 54 heavy (non-hydrogen) atoms. The van der Waals surface area contributed by atoms with Crippen molar-refractivity contribution in [3.63, 3.8) is 0 Å². The maximum absolute atomic E-state index is 4.26. The first-order chi connectivity index (χ1) is 26.6. The number of anilines is 6. The van der Waals surface area contributed by atoms with Crippen LogP contribution in [0.5, 0.6) is 0 Å². The van der Waals surface area contributed by atoms with Crippen molar-refractivity contribution in [1.82, 2.24) is 0 Å². The van der Waals surface area contributed by atoms with Gasteiger partial charge in [0.25, 0.3) is 0 Å². The van der Waals surface area contributed by atoms with Crippen molar-refractivity contribution >= 4 is 79.1 Å². The summed E-state index contributed by atoms with van der Waals surface area (Å²) in [6, 6.07) is 69.7. The van der Waals surface area contributed by atoms with Gasteiger partial charge in [0.15, 0.2) is 0 Å². The fourth-order valence-electron chi connectivity index (χ4n) is 7.59. The predicted octanol–water partition coefficient (Wildman–Crippen LogP) is 13.1. The van der Waals surface area contributed by atoms with Gasteiger partial charge in [-0.3, -0.25) is 0 Å². The fourth-order valence-corrected chi connectivity index (χ4v) is 7.59. The predicted molar refractivity (Wildman–Crippen MR) is 233 cm³/mol. The fraction of sp³-hybridized carbons (Fsp3) is 0. The first-order valence-electron chi connectivity index (χ1n) is 18.3. The summed E-state index contributed by atoms with van der Waals surface area (Å²) >= 11 is 0. The van der Waals surface area contributed by atoms with E-state index < -0.39 is 0 Å². The molecule has 0 bridgehead atoms. The standard InChI is InChI=1S/C52H38N2/c1-3-12-43-35-47(29-23-37(43)2)53(51-21-10-17-41-14-6-8-19-49(41)51)45-30-24-39(25-31-45)40-26-32-46(33-27-40)54(48-34-28-38-13-4-5-16-44(38)36-48)52-22-11-18-42-15-7-9-20-50(42)52/h3-36H,1-2H2/b43-12-. The Morgan fingerprint density at radius 1 is 0.370 bits per heavy atom. The highest BCUT2D eigenvalue weighted by atomic mass is 15.1. The molecule has 0 aliphatic heterocycles. The summed E-state index contributed by atoms with van der Waals surface area (Å²) in [5.74, 6) is 0. The molecule has 9 aromatic carbocycles. The summed E-state index contributed by atoms with van der Waals surface area (Å²) in [5, 5.41) is 9.27. The van der Waals surface area contributed by atoms with Crippen LogP contribution in [0.3, 0.4) is 0 Å². The number of hydrogen-bond donors (Lipinski definition) is 0. The van der Waals surface area contributed by atoms with Gasteiger partial charge in [0.1, 0.15) is 0 Å². The van der Waals surface area contributed by atoms with Crippen LogP contribution in [-0.2, 0) is 0 Å². The summed E-state index contributed by atoms with van der Waals surface area (Å²) in [5.41, 5.74) is 8.94. The van der Waals surface area contributed by atoms with Crippen LogP contribution in [0.4, 0.5) is 34.1 Å². The monoisotopic (exact) mass is 690 g/mol. The van der Waals surface area contributed by atoms with Crippen molar-refractivity contribution in [3.05, 3.63) is 217 Å². The van der Waals surface area contributed by atoms with Gasteiger partial charge in [0.05, 0.1) is 11.4 Å². The SMILES string of the molecule is C=C/C=c1/cc(N(c2ccc(-c3ccc(N(c4ccc5ccccc5c4)c4cccc5ccccc45)cc3)cc2)c2cccc3ccccc23)ccc1=C. The minimum Gasteiger partial charge on any atom is -0.310 e. The zero-order chi connectivity index (χ0) is 36.4. The third kappa shape index (κ3) is 6.10. The van der Waals surface area contributed by atoms with Crippen LogP contribution in [0.2, 0.25) is 0 Å². The lowest BCUT2D eigenvalue weighted by atomic mass is 10.0. The summed E-state index contributed by atoms with van der Waals surface area (Å²) in [4.78, 5) is 4.71. The van der Waals surface area contributed by atoms with E-state index in [2.05, 4.69) is 217 Å². The van der Waals surface area contributed by atoms with Gasteiger partial charge in [-0.2, -0.15) is 0 Å².